The predicted octanol–water partition coefficient (Wildman–Crippen LogP) is 5.36. The third-order valence-electron chi connectivity index (χ3n) is 3.51. The van der Waals surface area contributed by atoms with E-state index in [1.54, 1.807) is 12.1 Å². The maximum atomic E-state index is 12.7. The zero-order chi connectivity index (χ0) is 14.8. The summed E-state index contributed by atoms with van der Waals surface area (Å²) in [6, 6.07) is 14.4. The van der Waals surface area contributed by atoms with E-state index in [2.05, 4.69) is 0 Å². The second kappa shape index (κ2) is 5.70. The number of rotatable bonds is 3. The Bertz CT molecular complexity index is 571. The molecule has 2 rings (SSSR count). The number of alkyl halides is 3. The summed E-state index contributed by atoms with van der Waals surface area (Å²) in [5.74, 6) is 0.193. The molecule has 0 heterocycles. The molecule has 106 valence electrons. The van der Waals surface area contributed by atoms with Crippen LogP contribution in [0.1, 0.15) is 35.1 Å². The van der Waals surface area contributed by atoms with Gasteiger partial charge in [-0.1, -0.05) is 49.4 Å². The zero-order valence-electron chi connectivity index (χ0n) is 11.5. The summed E-state index contributed by atoms with van der Waals surface area (Å²) in [5, 5.41) is 0. The summed E-state index contributed by atoms with van der Waals surface area (Å²) in [6.45, 7) is 3.55. The van der Waals surface area contributed by atoms with Crippen molar-refractivity contribution in [1.29, 1.82) is 0 Å². The van der Waals surface area contributed by atoms with Crippen LogP contribution in [0.3, 0.4) is 0 Å². The Labute approximate surface area is 117 Å². The van der Waals surface area contributed by atoms with Crippen molar-refractivity contribution in [3.8, 4) is 0 Å². The first-order valence-corrected chi connectivity index (χ1v) is 6.59. The van der Waals surface area contributed by atoms with Gasteiger partial charge in [0.1, 0.15) is 0 Å². The van der Waals surface area contributed by atoms with E-state index in [1.165, 1.54) is 18.6 Å². The molecule has 0 bridgehead atoms. The van der Waals surface area contributed by atoms with Crippen LogP contribution >= 0.6 is 0 Å². The van der Waals surface area contributed by atoms with E-state index in [-0.39, 0.29) is 11.5 Å². The van der Waals surface area contributed by atoms with E-state index in [0.717, 1.165) is 12.0 Å². The molecule has 0 fully saturated rings. The van der Waals surface area contributed by atoms with Gasteiger partial charge in [0.05, 0.1) is 5.56 Å². The van der Waals surface area contributed by atoms with Gasteiger partial charge in [-0.05, 0) is 42.0 Å². The predicted molar refractivity (Wildman–Crippen MR) is 74.7 cm³/mol. The van der Waals surface area contributed by atoms with Crippen molar-refractivity contribution in [1.82, 2.24) is 0 Å². The van der Waals surface area contributed by atoms with Gasteiger partial charge in [0.2, 0.25) is 0 Å². The maximum Gasteiger partial charge on any atom is 0.416 e. The van der Waals surface area contributed by atoms with E-state index in [9.17, 15) is 13.2 Å². The molecule has 1 unspecified atom stereocenters. The normalized spacial score (nSPS) is 13.2. The highest BCUT2D eigenvalue weighted by Crippen LogP contribution is 2.33. The summed E-state index contributed by atoms with van der Waals surface area (Å²) in [7, 11) is 0. The van der Waals surface area contributed by atoms with Crippen LogP contribution in [0.4, 0.5) is 13.2 Å². The monoisotopic (exact) mass is 278 g/mol. The first-order valence-electron chi connectivity index (χ1n) is 6.59. The quantitative estimate of drug-likeness (QED) is 0.709. The molecule has 0 N–H and O–H groups in total. The molecule has 0 amide bonds. The number of benzene rings is 2. The van der Waals surface area contributed by atoms with Crippen LogP contribution in [-0.4, -0.2) is 0 Å². The van der Waals surface area contributed by atoms with Crippen LogP contribution in [-0.2, 0) is 12.6 Å². The van der Waals surface area contributed by atoms with Crippen LogP contribution in [0.2, 0.25) is 0 Å². The van der Waals surface area contributed by atoms with Gasteiger partial charge in [-0.25, -0.2) is 0 Å². The second-order valence-electron chi connectivity index (χ2n) is 5.16. The van der Waals surface area contributed by atoms with E-state index in [4.69, 9.17) is 0 Å². The first-order chi connectivity index (χ1) is 9.38. The number of halogens is 3. The average molecular weight is 278 g/mol. The smallest absolute Gasteiger partial charge is 0.166 e. The lowest BCUT2D eigenvalue weighted by Crippen LogP contribution is -2.08. The van der Waals surface area contributed by atoms with Gasteiger partial charge in [-0.2, -0.15) is 13.2 Å². The molecule has 0 aliphatic carbocycles. The Kier molecular flexibility index (Phi) is 4.17. The molecule has 0 aromatic heterocycles. The second-order valence-corrected chi connectivity index (χ2v) is 5.16. The van der Waals surface area contributed by atoms with Gasteiger partial charge in [-0.3, -0.25) is 0 Å². The molecule has 2 aromatic carbocycles. The van der Waals surface area contributed by atoms with E-state index in [0.29, 0.717) is 0 Å². The summed E-state index contributed by atoms with van der Waals surface area (Å²) in [5.41, 5.74) is 1.87. The zero-order valence-corrected chi connectivity index (χ0v) is 11.5. The maximum absolute atomic E-state index is 12.7. The molecule has 2 aromatic rings. The topological polar surface area (TPSA) is 0 Å². The van der Waals surface area contributed by atoms with Crippen molar-refractivity contribution in [2.24, 2.45) is 0 Å². The van der Waals surface area contributed by atoms with Gasteiger partial charge in [-0.15, -0.1) is 0 Å². The Morgan fingerprint density at radius 2 is 1.65 bits per heavy atom. The largest absolute Gasteiger partial charge is 0.416 e. The van der Waals surface area contributed by atoms with Crippen LogP contribution in [0.15, 0.2) is 48.5 Å². The Morgan fingerprint density at radius 3 is 2.20 bits per heavy atom. The average Bonchev–Trinajstić information content (AvgIpc) is 2.38. The molecule has 0 aliphatic heterocycles. The fourth-order valence-electron chi connectivity index (χ4n) is 2.40. The summed E-state index contributed by atoms with van der Waals surface area (Å²) in [6.07, 6.45) is -3.45. The molecular weight excluding hydrogens is 261 g/mol. The van der Waals surface area contributed by atoms with Crippen molar-refractivity contribution in [2.75, 3.05) is 0 Å². The van der Waals surface area contributed by atoms with Crippen LogP contribution in [0.25, 0.3) is 0 Å². The van der Waals surface area contributed by atoms with E-state index < -0.39 is 11.7 Å². The third kappa shape index (κ3) is 3.41. The first kappa shape index (κ1) is 14.6. The molecule has 20 heavy (non-hydrogen) atoms. The number of aryl methyl sites for hydroxylation is 1. The lowest BCUT2D eigenvalue weighted by molar-refractivity contribution is -0.138. The molecule has 0 spiro atoms. The molecule has 0 saturated heterocycles. The lowest BCUT2D eigenvalue weighted by Gasteiger charge is -2.16. The summed E-state index contributed by atoms with van der Waals surface area (Å²) < 4.78 is 38.2. The minimum atomic E-state index is -4.27. The minimum absolute atomic E-state index is 0.193. The fraction of sp³-hybridized carbons (Fsp3) is 0.294. The van der Waals surface area contributed by atoms with Gasteiger partial charge in [0.15, 0.2) is 0 Å². The molecular formula is C17H17F3. The van der Waals surface area contributed by atoms with Gasteiger partial charge in [0, 0.05) is 0 Å². The molecule has 0 radical (unpaired) electrons. The van der Waals surface area contributed by atoms with Crippen LogP contribution in [0.5, 0.6) is 0 Å². The van der Waals surface area contributed by atoms with Crippen molar-refractivity contribution in [3.63, 3.8) is 0 Å². The van der Waals surface area contributed by atoms with Crippen molar-refractivity contribution < 1.29 is 13.2 Å². The van der Waals surface area contributed by atoms with Gasteiger partial charge in [0.25, 0.3) is 0 Å². The highest BCUT2D eigenvalue weighted by molar-refractivity contribution is 5.35. The Balaban J connectivity index is 2.19. The van der Waals surface area contributed by atoms with Crippen molar-refractivity contribution in [2.45, 2.75) is 32.4 Å². The highest BCUT2D eigenvalue weighted by atomic mass is 19.4. The van der Waals surface area contributed by atoms with Gasteiger partial charge < -0.3 is 0 Å². The van der Waals surface area contributed by atoms with Crippen LogP contribution in [0, 0.1) is 6.92 Å². The molecule has 1 atom stereocenters. The molecule has 0 nitrogen and oxygen atoms in total. The van der Waals surface area contributed by atoms with Gasteiger partial charge >= 0.3 is 6.18 Å². The molecule has 0 aliphatic rings. The molecule has 0 saturated carbocycles. The lowest BCUT2D eigenvalue weighted by atomic mass is 9.91. The third-order valence-corrected chi connectivity index (χ3v) is 3.51. The minimum Gasteiger partial charge on any atom is -0.166 e. The SMILES string of the molecule is Cc1cc(C(C)Cc2ccccc2)ccc1C(F)(F)F. The van der Waals surface area contributed by atoms with Crippen molar-refractivity contribution in [3.05, 3.63) is 70.8 Å². The van der Waals surface area contributed by atoms with Crippen LogP contribution < -0.4 is 0 Å². The summed E-state index contributed by atoms with van der Waals surface area (Å²) >= 11 is 0. The Hall–Kier alpha value is -1.77. The molecule has 3 heteroatoms. The summed E-state index contributed by atoms with van der Waals surface area (Å²) in [4.78, 5) is 0. The number of hydrogen-bond donors (Lipinski definition) is 0. The Morgan fingerprint density at radius 1 is 1.00 bits per heavy atom. The standard InChI is InChI=1S/C17H17F3/c1-12(10-14-6-4-3-5-7-14)15-8-9-16(13(2)11-15)17(18,19)20/h3-9,11-12H,10H2,1-2H3. The number of hydrogen-bond acceptors (Lipinski definition) is 0. The van der Waals surface area contributed by atoms with E-state index >= 15 is 0 Å². The fourth-order valence-corrected chi connectivity index (χ4v) is 2.40. The highest BCUT2D eigenvalue weighted by Gasteiger charge is 2.32. The van der Waals surface area contributed by atoms with E-state index in [1.807, 2.05) is 37.3 Å². The van der Waals surface area contributed by atoms with Crippen molar-refractivity contribution >= 4 is 0 Å².